The lowest BCUT2D eigenvalue weighted by molar-refractivity contribution is -0.129. The molecule has 0 radical (unpaired) electrons. The average molecular weight is 370 g/mol. The first-order valence-electron chi connectivity index (χ1n) is 9.09. The van der Waals surface area contributed by atoms with E-state index in [1.165, 1.54) is 0 Å². The van der Waals surface area contributed by atoms with E-state index in [1.807, 2.05) is 42.5 Å². The van der Waals surface area contributed by atoms with Crippen molar-refractivity contribution in [2.45, 2.75) is 12.8 Å². The highest BCUT2D eigenvalue weighted by atomic mass is 16.6. The molecule has 0 unspecified atom stereocenters. The molecule has 1 aliphatic carbocycles. The van der Waals surface area contributed by atoms with Gasteiger partial charge in [0.2, 0.25) is 0 Å². The fourth-order valence-electron chi connectivity index (χ4n) is 3.01. The van der Waals surface area contributed by atoms with Crippen LogP contribution >= 0.6 is 0 Å². The van der Waals surface area contributed by atoms with Gasteiger partial charge in [-0.25, -0.2) is 9.59 Å². The zero-order valence-corrected chi connectivity index (χ0v) is 15.1. The Labute approximate surface area is 162 Å². The zero-order chi connectivity index (χ0) is 19.3. The number of carbonyl (C=O) groups excluding carboxylic acids is 2. The quantitative estimate of drug-likeness (QED) is 0.465. The summed E-state index contributed by atoms with van der Waals surface area (Å²) in [6.45, 7) is 0. The van der Waals surface area contributed by atoms with E-state index in [0.717, 1.165) is 23.6 Å². The van der Waals surface area contributed by atoms with Gasteiger partial charge < -0.3 is 9.47 Å². The highest BCUT2D eigenvalue weighted by Gasteiger charge is 2.18. The van der Waals surface area contributed by atoms with Gasteiger partial charge in [0, 0.05) is 0 Å². The van der Waals surface area contributed by atoms with E-state index in [0.29, 0.717) is 11.1 Å². The zero-order valence-electron chi connectivity index (χ0n) is 15.1. The van der Waals surface area contributed by atoms with E-state index < -0.39 is 11.9 Å². The molecule has 4 heteroatoms. The van der Waals surface area contributed by atoms with Crippen LogP contribution in [-0.4, -0.2) is 11.9 Å². The largest absolute Gasteiger partial charge is 0.419 e. The van der Waals surface area contributed by atoms with Crippen molar-refractivity contribution in [3.63, 3.8) is 0 Å². The molecule has 0 heterocycles. The number of esters is 2. The predicted molar refractivity (Wildman–Crippen MR) is 107 cm³/mol. The molecular weight excluding hydrogens is 352 g/mol. The van der Waals surface area contributed by atoms with Gasteiger partial charge in [0.25, 0.3) is 0 Å². The summed E-state index contributed by atoms with van der Waals surface area (Å²) in [7, 11) is 0. The van der Waals surface area contributed by atoms with Gasteiger partial charge in [-0.15, -0.1) is 0 Å². The molecule has 0 fully saturated rings. The molecule has 0 spiro atoms. The molecule has 28 heavy (non-hydrogen) atoms. The van der Waals surface area contributed by atoms with Gasteiger partial charge in [-0.05, 0) is 47.9 Å². The van der Waals surface area contributed by atoms with Crippen molar-refractivity contribution >= 4 is 22.7 Å². The highest BCUT2D eigenvalue weighted by Crippen LogP contribution is 2.34. The number of rotatable bonds is 4. The predicted octanol–water partition coefficient (Wildman–Crippen LogP) is 5.24. The van der Waals surface area contributed by atoms with E-state index >= 15 is 0 Å². The molecule has 0 atom stereocenters. The number of fused-ring (bicyclic) bond motifs is 1. The van der Waals surface area contributed by atoms with Gasteiger partial charge in [0.15, 0.2) is 11.5 Å². The summed E-state index contributed by atoms with van der Waals surface area (Å²) in [6, 6.07) is 19.7. The molecule has 0 N–H and O–H groups in total. The number of hydrogen-bond acceptors (Lipinski definition) is 4. The second-order valence-corrected chi connectivity index (χ2v) is 6.43. The summed E-state index contributed by atoms with van der Waals surface area (Å²) in [6.07, 6.45) is 7.25. The minimum atomic E-state index is -0.509. The average Bonchev–Trinajstić information content (AvgIpc) is 2.75. The first-order chi connectivity index (χ1) is 13.7. The third-order valence-corrected chi connectivity index (χ3v) is 4.46. The van der Waals surface area contributed by atoms with Crippen LogP contribution in [0.3, 0.4) is 0 Å². The lowest BCUT2D eigenvalue weighted by atomic mass is 10.1. The summed E-state index contributed by atoms with van der Waals surface area (Å²) >= 11 is 0. The van der Waals surface area contributed by atoms with E-state index in [2.05, 4.69) is 0 Å². The van der Waals surface area contributed by atoms with E-state index in [9.17, 15) is 9.59 Å². The monoisotopic (exact) mass is 370 g/mol. The van der Waals surface area contributed by atoms with Gasteiger partial charge in [-0.2, -0.15) is 0 Å². The third-order valence-electron chi connectivity index (χ3n) is 4.46. The van der Waals surface area contributed by atoms with Crippen LogP contribution in [0.15, 0.2) is 90.5 Å². The van der Waals surface area contributed by atoms with Crippen LogP contribution in [0.25, 0.3) is 10.8 Å². The summed E-state index contributed by atoms with van der Waals surface area (Å²) in [4.78, 5) is 25.0. The van der Waals surface area contributed by atoms with Crippen molar-refractivity contribution < 1.29 is 19.1 Å². The van der Waals surface area contributed by atoms with Crippen LogP contribution in [-0.2, 0) is 4.79 Å². The summed E-state index contributed by atoms with van der Waals surface area (Å²) in [5.74, 6) is -0.553. The van der Waals surface area contributed by atoms with E-state index in [1.54, 1.807) is 42.5 Å². The number of hydrogen-bond donors (Lipinski definition) is 0. The maximum absolute atomic E-state index is 12.5. The molecule has 138 valence electrons. The maximum Gasteiger partial charge on any atom is 0.343 e. The van der Waals surface area contributed by atoms with Gasteiger partial charge in [0.05, 0.1) is 11.1 Å². The lowest BCUT2D eigenvalue weighted by Crippen LogP contribution is -2.14. The van der Waals surface area contributed by atoms with Crippen LogP contribution in [0.2, 0.25) is 0 Å². The van der Waals surface area contributed by atoms with Crippen molar-refractivity contribution in [1.29, 1.82) is 0 Å². The van der Waals surface area contributed by atoms with Crippen LogP contribution in [0.4, 0.5) is 0 Å². The number of carbonyl (C=O) groups is 2. The Bertz CT molecular complexity index is 1090. The van der Waals surface area contributed by atoms with E-state index in [-0.39, 0.29) is 11.5 Å². The van der Waals surface area contributed by atoms with Crippen molar-refractivity contribution in [2.75, 3.05) is 0 Å². The Morgan fingerprint density at radius 1 is 0.714 bits per heavy atom. The minimum Gasteiger partial charge on any atom is -0.419 e. The number of allylic oxidation sites excluding steroid dienone is 2. The Kier molecular flexibility index (Phi) is 5.02. The maximum atomic E-state index is 12.5. The Morgan fingerprint density at radius 2 is 1.32 bits per heavy atom. The van der Waals surface area contributed by atoms with E-state index in [4.69, 9.17) is 9.47 Å². The van der Waals surface area contributed by atoms with Gasteiger partial charge in [-0.1, -0.05) is 60.7 Å². The molecule has 0 aliphatic heterocycles. The normalized spacial score (nSPS) is 13.1. The molecule has 3 aromatic rings. The smallest absolute Gasteiger partial charge is 0.343 e. The standard InChI is InChI=1S/C24H18O4/c25-23(17-9-3-1-4-10-17)27-21-15-19-13-7-8-14-20(19)16-22(21)28-24(26)18-11-5-2-6-12-18/h1,3-5,7-16H,2,6H2. The number of ether oxygens (including phenoxy) is 2. The lowest BCUT2D eigenvalue weighted by Gasteiger charge is -2.13. The molecule has 0 amide bonds. The minimum absolute atomic E-state index is 0.210. The second kappa shape index (κ2) is 7.92. The molecule has 0 bridgehead atoms. The topological polar surface area (TPSA) is 52.6 Å². The first-order valence-corrected chi connectivity index (χ1v) is 9.09. The van der Waals surface area contributed by atoms with Crippen molar-refractivity contribution in [3.8, 4) is 11.5 Å². The van der Waals surface area contributed by atoms with Gasteiger partial charge in [-0.3, -0.25) is 0 Å². The third kappa shape index (κ3) is 3.86. The van der Waals surface area contributed by atoms with Gasteiger partial charge >= 0.3 is 11.9 Å². The Balaban J connectivity index is 1.68. The molecule has 0 saturated carbocycles. The number of benzene rings is 3. The van der Waals surface area contributed by atoms with Gasteiger partial charge in [0.1, 0.15) is 0 Å². The fraction of sp³-hybridized carbons (Fsp3) is 0.0833. The SMILES string of the molecule is O=C(Oc1cc2ccccc2cc1OC(=O)c1ccccc1)C1=CCCC=C1. The highest BCUT2D eigenvalue weighted by molar-refractivity contribution is 5.96. The fourth-order valence-corrected chi connectivity index (χ4v) is 3.01. The molecule has 1 aliphatic rings. The van der Waals surface area contributed by atoms with Crippen molar-refractivity contribution in [1.82, 2.24) is 0 Å². The first kappa shape index (κ1) is 17.7. The van der Waals surface area contributed by atoms with Crippen LogP contribution in [0.1, 0.15) is 23.2 Å². The summed E-state index contributed by atoms with van der Waals surface area (Å²) < 4.78 is 11.2. The Hall–Kier alpha value is -3.66. The summed E-state index contributed by atoms with van der Waals surface area (Å²) in [5.41, 5.74) is 0.922. The molecule has 4 rings (SSSR count). The molecule has 3 aromatic carbocycles. The van der Waals surface area contributed by atoms with Crippen molar-refractivity contribution in [2.24, 2.45) is 0 Å². The second-order valence-electron chi connectivity index (χ2n) is 6.43. The molecule has 0 aromatic heterocycles. The van der Waals surface area contributed by atoms with Crippen LogP contribution in [0.5, 0.6) is 11.5 Å². The molecule has 4 nitrogen and oxygen atoms in total. The van der Waals surface area contributed by atoms with Crippen molar-refractivity contribution in [3.05, 3.63) is 96.1 Å². The summed E-state index contributed by atoms with van der Waals surface area (Å²) in [5, 5.41) is 1.77. The van der Waals surface area contributed by atoms with Crippen LogP contribution in [0, 0.1) is 0 Å². The Morgan fingerprint density at radius 3 is 1.93 bits per heavy atom. The van der Waals surface area contributed by atoms with Crippen LogP contribution < -0.4 is 9.47 Å². The molecular formula is C24H18O4. The molecule has 0 saturated heterocycles.